The highest BCUT2D eigenvalue weighted by Gasteiger charge is 2.43. The van der Waals surface area contributed by atoms with Gasteiger partial charge in [0.2, 0.25) is 5.91 Å². The van der Waals surface area contributed by atoms with Crippen molar-refractivity contribution in [2.24, 2.45) is 0 Å². The molecule has 1 fully saturated rings. The lowest BCUT2D eigenvalue weighted by Crippen LogP contribution is -2.52. The van der Waals surface area contributed by atoms with Gasteiger partial charge < -0.3 is 9.80 Å². The minimum Gasteiger partial charge on any atom is -0.345 e. The number of likely N-dealkylation sites (N-methyl/N-ethyl adjacent to an activating group) is 1. The SMILES string of the molecule is CCCCCCN1CCC(C(=O)N(C)CC)(c2ccccc2)CC1.Cl. The zero-order valence-electron chi connectivity index (χ0n) is 16.2. The average molecular weight is 367 g/mol. The summed E-state index contributed by atoms with van der Waals surface area (Å²) >= 11 is 0. The maximum Gasteiger partial charge on any atom is 0.233 e. The average Bonchev–Trinajstić information content (AvgIpc) is 2.65. The lowest BCUT2D eigenvalue weighted by molar-refractivity contribution is -0.138. The zero-order valence-corrected chi connectivity index (χ0v) is 17.0. The molecule has 0 radical (unpaired) electrons. The predicted octanol–water partition coefficient (Wildman–Crippen LogP) is 4.50. The highest BCUT2D eigenvalue weighted by Crippen LogP contribution is 2.37. The number of halogens is 1. The molecule has 0 saturated carbocycles. The lowest BCUT2D eigenvalue weighted by Gasteiger charge is -2.43. The quantitative estimate of drug-likeness (QED) is 0.632. The predicted molar refractivity (Wildman–Crippen MR) is 108 cm³/mol. The number of piperidine rings is 1. The van der Waals surface area contributed by atoms with Crippen LogP contribution in [0, 0.1) is 0 Å². The van der Waals surface area contributed by atoms with Crippen molar-refractivity contribution in [3.8, 4) is 0 Å². The Morgan fingerprint density at radius 3 is 2.28 bits per heavy atom. The molecule has 0 bridgehead atoms. The van der Waals surface area contributed by atoms with Crippen molar-refractivity contribution in [2.75, 3.05) is 33.2 Å². The summed E-state index contributed by atoms with van der Waals surface area (Å²) in [4.78, 5) is 17.6. The van der Waals surface area contributed by atoms with Crippen LogP contribution in [0.25, 0.3) is 0 Å². The van der Waals surface area contributed by atoms with Crippen molar-refractivity contribution in [2.45, 2.75) is 57.8 Å². The van der Waals surface area contributed by atoms with Crippen LogP contribution in [0.15, 0.2) is 30.3 Å². The van der Waals surface area contributed by atoms with Gasteiger partial charge in [-0.3, -0.25) is 4.79 Å². The summed E-state index contributed by atoms with van der Waals surface area (Å²) in [6.45, 7) is 8.33. The van der Waals surface area contributed by atoms with Crippen LogP contribution in [0.1, 0.15) is 57.9 Å². The number of amides is 1. The molecule has 0 aliphatic carbocycles. The van der Waals surface area contributed by atoms with Gasteiger partial charge in [0.1, 0.15) is 0 Å². The van der Waals surface area contributed by atoms with E-state index in [1.807, 2.05) is 18.0 Å². The minimum absolute atomic E-state index is 0. The van der Waals surface area contributed by atoms with Crippen molar-refractivity contribution < 1.29 is 4.79 Å². The van der Waals surface area contributed by atoms with Crippen molar-refractivity contribution >= 4 is 18.3 Å². The Labute approximate surface area is 160 Å². The molecule has 1 aliphatic heterocycles. The summed E-state index contributed by atoms with van der Waals surface area (Å²) in [7, 11) is 1.93. The summed E-state index contributed by atoms with van der Waals surface area (Å²) in [5.41, 5.74) is 0.868. The van der Waals surface area contributed by atoms with Crippen LogP contribution in [0.5, 0.6) is 0 Å². The zero-order chi connectivity index (χ0) is 17.4. The fraction of sp³-hybridized carbons (Fsp3) is 0.667. The van der Waals surface area contributed by atoms with E-state index in [0.29, 0.717) is 5.91 Å². The highest BCUT2D eigenvalue weighted by atomic mass is 35.5. The normalized spacial score (nSPS) is 16.9. The lowest BCUT2D eigenvalue weighted by atomic mass is 9.71. The fourth-order valence-electron chi connectivity index (χ4n) is 3.81. The summed E-state index contributed by atoms with van der Waals surface area (Å²) in [5, 5.41) is 0. The van der Waals surface area contributed by atoms with Crippen molar-refractivity contribution in [3.63, 3.8) is 0 Å². The molecule has 1 saturated heterocycles. The second-order valence-corrected chi connectivity index (χ2v) is 7.17. The first-order valence-electron chi connectivity index (χ1n) is 9.67. The molecule has 1 aliphatic rings. The van der Waals surface area contributed by atoms with E-state index in [2.05, 4.69) is 43.0 Å². The van der Waals surface area contributed by atoms with E-state index in [9.17, 15) is 4.79 Å². The van der Waals surface area contributed by atoms with Crippen LogP contribution < -0.4 is 0 Å². The first kappa shape index (κ1) is 22.0. The van der Waals surface area contributed by atoms with Gasteiger partial charge >= 0.3 is 0 Å². The fourth-order valence-corrected chi connectivity index (χ4v) is 3.81. The molecule has 1 heterocycles. The van der Waals surface area contributed by atoms with Gasteiger partial charge in [0.25, 0.3) is 0 Å². The summed E-state index contributed by atoms with van der Waals surface area (Å²) in [6, 6.07) is 10.4. The Hall–Kier alpha value is -1.06. The first-order valence-corrected chi connectivity index (χ1v) is 9.67. The van der Waals surface area contributed by atoms with Gasteiger partial charge in [-0.1, -0.05) is 56.5 Å². The molecule has 0 N–H and O–H groups in total. The van der Waals surface area contributed by atoms with Crippen LogP contribution in [0.3, 0.4) is 0 Å². The molecule has 2 rings (SSSR count). The van der Waals surface area contributed by atoms with E-state index in [-0.39, 0.29) is 17.8 Å². The first-order chi connectivity index (χ1) is 11.6. The van der Waals surface area contributed by atoms with Crippen LogP contribution in [0.2, 0.25) is 0 Å². The number of carbonyl (C=O) groups is 1. The van der Waals surface area contributed by atoms with E-state index < -0.39 is 0 Å². The largest absolute Gasteiger partial charge is 0.345 e. The maximum atomic E-state index is 13.2. The third-order valence-corrected chi connectivity index (χ3v) is 5.59. The van der Waals surface area contributed by atoms with Gasteiger partial charge in [0.05, 0.1) is 5.41 Å². The molecule has 4 heteroatoms. The molecule has 0 unspecified atom stereocenters. The number of likely N-dealkylation sites (tertiary alicyclic amines) is 1. The third kappa shape index (κ3) is 5.46. The molecule has 1 aromatic carbocycles. The van der Waals surface area contributed by atoms with E-state index in [1.54, 1.807) is 0 Å². The second-order valence-electron chi connectivity index (χ2n) is 7.17. The number of benzene rings is 1. The Kier molecular flexibility index (Phi) is 9.52. The third-order valence-electron chi connectivity index (χ3n) is 5.59. The van der Waals surface area contributed by atoms with Gasteiger partial charge in [-0.15, -0.1) is 12.4 Å². The van der Waals surface area contributed by atoms with Gasteiger partial charge in [0.15, 0.2) is 0 Å². The minimum atomic E-state index is -0.327. The van der Waals surface area contributed by atoms with E-state index in [1.165, 1.54) is 37.8 Å². The summed E-state index contributed by atoms with van der Waals surface area (Å²) in [6.07, 6.45) is 7.11. The van der Waals surface area contributed by atoms with Gasteiger partial charge in [0, 0.05) is 13.6 Å². The second kappa shape index (κ2) is 10.8. The molecule has 0 aromatic heterocycles. The number of nitrogens with zero attached hydrogens (tertiary/aromatic N) is 2. The van der Waals surface area contributed by atoms with Crippen LogP contribution >= 0.6 is 12.4 Å². The van der Waals surface area contributed by atoms with Crippen molar-refractivity contribution in [1.82, 2.24) is 9.80 Å². The van der Waals surface area contributed by atoms with Gasteiger partial charge in [-0.25, -0.2) is 0 Å². The Bertz CT molecular complexity index is 498. The van der Waals surface area contributed by atoms with Crippen LogP contribution in [0.4, 0.5) is 0 Å². The maximum absolute atomic E-state index is 13.2. The standard InChI is InChI=1S/C21H34N2O.ClH/c1-4-6-7-11-16-23-17-14-21(15-18-23,20(24)22(3)5-2)19-12-9-8-10-13-19;/h8-10,12-13H,4-7,11,14-18H2,1-3H3;1H. The summed E-state index contributed by atoms with van der Waals surface area (Å²) in [5.74, 6) is 0.293. The molecule has 0 spiro atoms. The molecule has 25 heavy (non-hydrogen) atoms. The Balaban J connectivity index is 0.00000312. The highest BCUT2D eigenvalue weighted by molar-refractivity contribution is 5.88. The number of unbranched alkanes of at least 4 members (excludes halogenated alkanes) is 3. The number of hydrogen-bond donors (Lipinski definition) is 0. The smallest absolute Gasteiger partial charge is 0.233 e. The molecule has 0 atom stereocenters. The molecule has 3 nitrogen and oxygen atoms in total. The topological polar surface area (TPSA) is 23.6 Å². The van der Waals surface area contributed by atoms with E-state index in [0.717, 1.165) is 32.5 Å². The van der Waals surface area contributed by atoms with Gasteiger partial charge in [-0.2, -0.15) is 0 Å². The van der Waals surface area contributed by atoms with E-state index >= 15 is 0 Å². The van der Waals surface area contributed by atoms with Crippen LogP contribution in [-0.2, 0) is 10.2 Å². The Morgan fingerprint density at radius 1 is 1.08 bits per heavy atom. The van der Waals surface area contributed by atoms with Crippen molar-refractivity contribution in [3.05, 3.63) is 35.9 Å². The summed E-state index contributed by atoms with van der Waals surface area (Å²) < 4.78 is 0. The monoisotopic (exact) mass is 366 g/mol. The molecular weight excluding hydrogens is 332 g/mol. The van der Waals surface area contributed by atoms with Crippen molar-refractivity contribution in [1.29, 1.82) is 0 Å². The van der Waals surface area contributed by atoms with Crippen LogP contribution in [-0.4, -0.2) is 48.9 Å². The van der Waals surface area contributed by atoms with E-state index in [4.69, 9.17) is 0 Å². The number of hydrogen-bond acceptors (Lipinski definition) is 2. The van der Waals surface area contributed by atoms with Gasteiger partial charge in [-0.05, 0) is 51.4 Å². The molecule has 1 amide bonds. The molecule has 142 valence electrons. The number of rotatable bonds is 8. The Morgan fingerprint density at radius 2 is 1.72 bits per heavy atom. The molecular formula is C21H35ClN2O. The number of carbonyl (C=O) groups excluding carboxylic acids is 1. The molecule has 1 aromatic rings.